The molecule has 0 heterocycles. The number of carbonyl (C=O) groups is 4. The molecule has 8 nitrogen and oxygen atoms in total. The molecule has 42 heavy (non-hydrogen) atoms. The van der Waals surface area contributed by atoms with E-state index < -0.39 is 6.10 Å². The standard InChI is InChI=1S/C33H49NO7S/c1-21-17-23-24-11-12-25(33(24,3)19-27(36)31(23)32(2)14-13-22(35)18-26(21)32)28(37)20-41-30(39)10-8-6-5-7-9-29(38)34(4)15-16-42-40/h13-14,18,21,23-25,27,31,36,40H,5-12,15-17,19-20H2,1-4H3/t21-,23-,24?,25?,27?,31?,32-,33-/m0/s1. The first kappa shape index (κ1) is 32.9. The van der Waals surface area contributed by atoms with Gasteiger partial charge in [0, 0.05) is 49.4 Å². The Morgan fingerprint density at radius 2 is 1.83 bits per heavy atom. The molecule has 2 N–H and O–H groups in total. The number of rotatable bonds is 13. The average molecular weight is 604 g/mol. The van der Waals surface area contributed by atoms with Crippen molar-refractivity contribution >= 4 is 35.5 Å². The molecule has 0 spiro atoms. The molecule has 4 rings (SSSR count). The third kappa shape index (κ3) is 6.73. The van der Waals surface area contributed by atoms with Gasteiger partial charge in [0.2, 0.25) is 5.91 Å². The minimum atomic E-state index is -0.568. The van der Waals surface area contributed by atoms with Crippen LogP contribution in [0.1, 0.15) is 85.0 Å². The van der Waals surface area contributed by atoms with E-state index in [1.54, 1.807) is 24.1 Å². The Morgan fingerprint density at radius 3 is 2.55 bits per heavy atom. The molecule has 3 fully saturated rings. The summed E-state index contributed by atoms with van der Waals surface area (Å²) in [5, 5.41) is 11.6. The second-order valence-electron chi connectivity index (χ2n) is 13.6. The van der Waals surface area contributed by atoms with E-state index in [0.29, 0.717) is 37.5 Å². The Hall–Kier alpha value is -1.97. The maximum absolute atomic E-state index is 13.4. The minimum Gasteiger partial charge on any atom is -0.458 e. The number of aliphatic hydroxyl groups is 1. The number of ether oxygens (including phenoxy) is 1. The van der Waals surface area contributed by atoms with Gasteiger partial charge in [0.25, 0.3) is 0 Å². The van der Waals surface area contributed by atoms with Gasteiger partial charge >= 0.3 is 5.97 Å². The molecular formula is C33H49NO7S. The molecule has 1 amide bonds. The fourth-order valence-electron chi connectivity index (χ4n) is 9.00. The van der Waals surface area contributed by atoms with Crippen molar-refractivity contribution in [1.29, 1.82) is 0 Å². The highest BCUT2D eigenvalue weighted by Crippen LogP contribution is 2.66. The Balaban J connectivity index is 1.24. The van der Waals surface area contributed by atoms with Gasteiger partial charge in [0.05, 0.1) is 6.10 Å². The largest absolute Gasteiger partial charge is 0.458 e. The highest BCUT2D eigenvalue weighted by Gasteiger charge is 2.63. The predicted molar refractivity (Wildman–Crippen MR) is 162 cm³/mol. The van der Waals surface area contributed by atoms with Gasteiger partial charge in [-0.05, 0) is 85.9 Å². The number of carbonyl (C=O) groups excluding carboxylic acids is 4. The number of esters is 1. The van der Waals surface area contributed by atoms with E-state index in [0.717, 1.165) is 56.1 Å². The van der Waals surface area contributed by atoms with Crippen molar-refractivity contribution < 1.29 is 33.6 Å². The van der Waals surface area contributed by atoms with Crippen LogP contribution in [0.25, 0.3) is 0 Å². The van der Waals surface area contributed by atoms with Gasteiger partial charge in [-0.15, -0.1) is 0 Å². The Labute approximate surface area is 254 Å². The summed E-state index contributed by atoms with van der Waals surface area (Å²) in [4.78, 5) is 51.6. The first-order valence-corrected chi connectivity index (χ1v) is 16.7. The van der Waals surface area contributed by atoms with Crippen molar-refractivity contribution in [2.75, 3.05) is 26.0 Å². The van der Waals surface area contributed by atoms with E-state index in [2.05, 4.69) is 20.8 Å². The van der Waals surface area contributed by atoms with Crippen LogP contribution >= 0.6 is 12.0 Å². The van der Waals surface area contributed by atoms with Gasteiger partial charge in [-0.2, -0.15) is 0 Å². The first-order chi connectivity index (χ1) is 19.9. The van der Waals surface area contributed by atoms with Gasteiger partial charge in [0.1, 0.15) is 6.61 Å². The van der Waals surface area contributed by atoms with Crippen LogP contribution in [0, 0.1) is 40.4 Å². The van der Waals surface area contributed by atoms with E-state index in [1.807, 2.05) is 6.08 Å². The van der Waals surface area contributed by atoms with E-state index in [1.165, 1.54) is 0 Å². The number of unbranched alkanes of at least 4 members (excludes halogenated alkanes) is 3. The smallest absolute Gasteiger partial charge is 0.306 e. The average Bonchev–Trinajstić information content (AvgIpc) is 3.29. The predicted octanol–water partition coefficient (Wildman–Crippen LogP) is 5.24. The molecule has 4 unspecified atom stereocenters. The lowest BCUT2D eigenvalue weighted by Gasteiger charge is -2.60. The number of hydrogen-bond acceptors (Lipinski definition) is 8. The molecule has 9 heteroatoms. The molecule has 0 saturated heterocycles. The SMILES string of the molecule is C[C@H]1C[C@H]2C3CCC(C(=O)COC(=O)CCCCCCC(=O)N(C)CCSO)[C@@]3(C)CC(O)C2[C@@]2(C)C=CC(=O)C=C12. The molecule has 3 saturated carbocycles. The summed E-state index contributed by atoms with van der Waals surface area (Å²) >= 11 is 0.728. The van der Waals surface area contributed by atoms with Crippen LogP contribution in [0.4, 0.5) is 0 Å². The van der Waals surface area contributed by atoms with E-state index in [-0.39, 0.29) is 71.0 Å². The van der Waals surface area contributed by atoms with Crippen LogP contribution in [0.5, 0.6) is 0 Å². The van der Waals surface area contributed by atoms with Gasteiger partial charge in [-0.3, -0.25) is 19.2 Å². The quantitative estimate of drug-likeness (QED) is 0.167. The zero-order valence-electron chi connectivity index (χ0n) is 25.7. The highest BCUT2D eigenvalue weighted by molar-refractivity contribution is 7.93. The van der Waals surface area contributed by atoms with Crippen LogP contribution in [0.15, 0.2) is 23.8 Å². The van der Waals surface area contributed by atoms with Gasteiger partial charge < -0.3 is 19.3 Å². The molecule has 8 atom stereocenters. The number of nitrogens with zero attached hydrogens (tertiary/aromatic N) is 1. The molecule has 0 radical (unpaired) electrons. The fourth-order valence-corrected chi connectivity index (χ4v) is 9.35. The van der Waals surface area contributed by atoms with Crippen molar-refractivity contribution in [3.05, 3.63) is 23.8 Å². The minimum absolute atomic E-state index is 0.0223. The lowest BCUT2D eigenvalue weighted by Crippen LogP contribution is -2.57. The number of aliphatic hydroxyl groups excluding tert-OH is 1. The molecule has 4 aliphatic carbocycles. The Kier molecular flexibility index (Phi) is 10.8. The summed E-state index contributed by atoms with van der Waals surface area (Å²) < 4.78 is 14.2. The maximum atomic E-state index is 13.4. The lowest BCUT2D eigenvalue weighted by atomic mass is 9.45. The molecule has 4 aliphatic rings. The molecule has 0 bridgehead atoms. The van der Waals surface area contributed by atoms with Crippen LogP contribution in [0.2, 0.25) is 0 Å². The summed E-state index contributed by atoms with van der Waals surface area (Å²) in [5.74, 6) is 0.780. The lowest BCUT2D eigenvalue weighted by molar-refractivity contribution is -0.154. The molecule has 0 aromatic rings. The normalized spacial score (nSPS) is 35.1. The first-order valence-electron chi connectivity index (χ1n) is 15.7. The Morgan fingerprint density at radius 1 is 1.12 bits per heavy atom. The third-order valence-corrected chi connectivity index (χ3v) is 11.4. The van der Waals surface area contributed by atoms with Crippen LogP contribution < -0.4 is 0 Å². The van der Waals surface area contributed by atoms with Crippen molar-refractivity contribution in [1.82, 2.24) is 4.90 Å². The second-order valence-corrected chi connectivity index (χ2v) is 14.3. The number of Topliss-reactive ketones (excluding diaryl/α,β-unsaturated/α-hetero) is 1. The monoisotopic (exact) mass is 603 g/mol. The number of allylic oxidation sites excluding steroid dienone is 4. The summed E-state index contributed by atoms with van der Waals surface area (Å²) in [7, 11) is 1.73. The van der Waals surface area contributed by atoms with Crippen LogP contribution in [-0.2, 0) is 23.9 Å². The zero-order valence-corrected chi connectivity index (χ0v) is 26.5. The molecular weight excluding hydrogens is 554 g/mol. The summed E-state index contributed by atoms with van der Waals surface area (Å²) in [6.45, 7) is 6.80. The molecule has 234 valence electrons. The van der Waals surface area contributed by atoms with Gasteiger partial charge in [0.15, 0.2) is 11.6 Å². The van der Waals surface area contributed by atoms with Gasteiger partial charge in [-0.25, -0.2) is 0 Å². The van der Waals surface area contributed by atoms with Crippen molar-refractivity contribution in [3.63, 3.8) is 0 Å². The fraction of sp³-hybridized carbons (Fsp3) is 0.758. The molecule has 0 aromatic carbocycles. The van der Waals surface area contributed by atoms with Crippen molar-refractivity contribution in [2.45, 2.75) is 91.1 Å². The number of amides is 1. The molecule has 0 aromatic heterocycles. The highest BCUT2D eigenvalue weighted by atomic mass is 32.2. The van der Waals surface area contributed by atoms with Gasteiger partial charge in [-0.1, -0.05) is 45.3 Å². The third-order valence-electron chi connectivity index (χ3n) is 11.0. The van der Waals surface area contributed by atoms with E-state index >= 15 is 0 Å². The number of fused-ring (bicyclic) bond motifs is 5. The molecule has 0 aliphatic heterocycles. The zero-order chi connectivity index (χ0) is 30.7. The van der Waals surface area contributed by atoms with Crippen molar-refractivity contribution in [3.8, 4) is 0 Å². The van der Waals surface area contributed by atoms with E-state index in [9.17, 15) is 24.3 Å². The van der Waals surface area contributed by atoms with Crippen LogP contribution in [-0.4, -0.2) is 70.1 Å². The van der Waals surface area contributed by atoms with E-state index in [4.69, 9.17) is 9.29 Å². The topological polar surface area (TPSA) is 121 Å². The second kappa shape index (κ2) is 13.8. The Bertz CT molecular complexity index is 1100. The maximum Gasteiger partial charge on any atom is 0.306 e. The number of ketones is 2. The number of hydrogen-bond donors (Lipinski definition) is 2. The van der Waals surface area contributed by atoms with Crippen LogP contribution in [0.3, 0.4) is 0 Å². The van der Waals surface area contributed by atoms with Crippen molar-refractivity contribution in [2.24, 2.45) is 40.4 Å². The summed E-state index contributed by atoms with van der Waals surface area (Å²) in [6.07, 6.45) is 11.8. The summed E-state index contributed by atoms with van der Waals surface area (Å²) in [6, 6.07) is 0. The summed E-state index contributed by atoms with van der Waals surface area (Å²) in [5.41, 5.74) is 0.448.